The van der Waals surface area contributed by atoms with Gasteiger partial charge in [0, 0.05) is 5.69 Å². The van der Waals surface area contributed by atoms with E-state index in [0.717, 1.165) is 41.6 Å². The predicted molar refractivity (Wildman–Crippen MR) is 119 cm³/mol. The molecular weight excluding hydrogens is 378 g/mol. The van der Waals surface area contributed by atoms with Gasteiger partial charge in [0.15, 0.2) is 11.5 Å². The maximum absolute atomic E-state index is 11.2. The summed E-state index contributed by atoms with van der Waals surface area (Å²) in [5, 5.41) is 9.17. The fraction of sp³-hybridized carbons (Fsp3) is 0.240. The van der Waals surface area contributed by atoms with E-state index in [9.17, 15) is 4.79 Å². The molecule has 3 N–H and O–H groups in total. The van der Waals surface area contributed by atoms with E-state index in [0.29, 0.717) is 18.1 Å². The fourth-order valence-corrected chi connectivity index (χ4v) is 3.38. The number of aryl methyl sites for hydroxylation is 2. The van der Waals surface area contributed by atoms with Crippen LogP contribution in [0.25, 0.3) is 11.1 Å². The maximum atomic E-state index is 11.2. The first-order valence-corrected chi connectivity index (χ1v) is 9.97. The van der Waals surface area contributed by atoms with Crippen molar-refractivity contribution < 1.29 is 19.4 Å². The van der Waals surface area contributed by atoms with Gasteiger partial charge in [-0.25, -0.2) is 4.79 Å². The lowest BCUT2D eigenvalue weighted by molar-refractivity contribution is 0.0697. The Kier molecular flexibility index (Phi) is 6.96. The van der Waals surface area contributed by atoms with Gasteiger partial charge in [-0.05, 0) is 84.8 Å². The van der Waals surface area contributed by atoms with E-state index < -0.39 is 5.97 Å². The van der Waals surface area contributed by atoms with Crippen molar-refractivity contribution in [3.8, 4) is 22.6 Å². The van der Waals surface area contributed by atoms with Crippen LogP contribution < -0.4 is 15.2 Å². The van der Waals surface area contributed by atoms with Crippen LogP contribution in [0.2, 0.25) is 0 Å². The van der Waals surface area contributed by atoms with E-state index >= 15 is 0 Å². The van der Waals surface area contributed by atoms with Gasteiger partial charge in [-0.15, -0.1) is 0 Å². The molecule has 0 saturated carbocycles. The Bertz CT molecular complexity index is 1010. The Balaban J connectivity index is 1.64. The minimum atomic E-state index is -0.928. The van der Waals surface area contributed by atoms with Crippen LogP contribution in [0.5, 0.6) is 11.5 Å². The number of anilines is 1. The van der Waals surface area contributed by atoms with Gasteiger partial charge in [0.2, 0.25) is 0 Å². The summed E-state index contributed by atoms with van der Waals surface area (Å²) in [7, 11) is 1.62. The van der Waals surface area contributed by atoms with E-state index in [1.54, 1.807) is 19.2 Å². The third-order valence-corrected chi connectivity index (χ3v) is 5.05. The van der Waals surface area contributed by atoms with Crippen molar-refractivity contribution in [2.24, 2.45) is 0 Å². The lowest BCUT2D eigenvalue weighted by Gasteiger charge is -2.14. The highest BCUT2D eigenvalue weighted by molar-refractivity contribution is 5.89. The molecule has 3 aromatic rings. The number of carbonyl (C=O) groups is 1. The van der Waals surface area contributed by atoms with Gasteiger partial charge in [0.05, 0.1) is 19.3 Å². The quantitative estimate of drug-likeness (QED) is 0.370. The molecule has 0 spiro atoms. The Morgan fingerprint density at radius 2 is 1.73 bits per heavy atom. The zero-order chi connectivity index (χ0) is 21.5. The summed E-state index contributed by atoms with van der Waals surface area (Å²) < 4.78 is 11.4. The molecule has 0 radical (unpaired) electrons. The molecule has 0 atom stereocenters. The second-order valence-corrected chi connectivity index (χ2v) is 7.25. The molecule has 5 nitrogen and oxygen atoms in total. The number of benzene rings is 3. The number of ether oxygens (including phenoxy) is 2. The number of unbranched alkanes of at least 4 members (excludes halogenated alkanes) is 1. The van der Waals surface area contributed by atoms with Crippen LogP contribution in [-0.2, 0) is 6.42 Å². The Morgan fingerprint density at radius 1 is 0.967 bits per heavy atom. The first-order valence-electron chi connectivity index (χ1n) is 9.97. The summed E-state index contributed by atoms with van der Waals surface area (Å²) in [5.41, 5.74) is 10.9. The topological polar surface area (TPSA) is 81.8 Å². The molecule has 0 saturated heterocycles. The van der Waals surface area contributed by atoms with Crippen molar-refractivity contribution in [1.29, 1.82) is 0 Å². The van der Waals surface area contributed by atoms with Gasteiger partial charge in [-0.1, -0.05) is 24.3 Å². The highest BCUT2D eigenvalue weighted by Crippen LogP contribution is 2.34. The van der Waals surface area contributed by atoms with E-state index in [4.69, 9.17) is 20.3 Å². The van der Waals surface area contributed by atoms with E-state index in [-0.39, 0.29) is 5.56 Å². The molecule has 5 heteroatoms. The molecule has 0 amide bonds. The number of carboxylic acids is 1. The predicted octanol–water partition coefficient (Wildman–Crippen LogP) is 5.35. The highest BCUT2D eigenvalue weighted by Gasteiger charge is 2.11. The van der Waals surface area contributed by atoms with Crippen LogP contribution in [-0.4, -0.2) is 24.8 Å². The van der Waals surface area contributed by atoms with Crippen molar-refractivity contribution in [2.75, 3.05) is 19.5 Å². The summed E-state index contributed by atoms with van der Waals surface area (Å²) in [6, 6.07) is 18.9. The Hall–Kier alpha value is -3.47. The molecule has 0 aliphatic carbocycles. The monoisotopic (exact) mass is 405 g/mol. The van der Waals surface area contributed by atoms with Crippen molar-refractivity contribution in [3.63, 3.8) is 0 Å². The smallest absolute Gasteiger partial charge is 0.335 e. The van der Waals surface area contributed by atoms with E-state index in [1.807, 2.05) is 43.3 Å². The lowest BCUT2D eigenvalue weighted by Crippen LogP contribution is -2.01. The van der Waals surface area contributed by atoms with Crippen molar-refractivity contribution in [1.82, 2.24) is 0 Å². The van der Waals surface area contributed by atoms with Gasteiger partial charge in [-0.3, -0.25) is 0 Å². The molecule has 0 heterocycles. The number of aromatic carboxylic acids is 1. The molecule has 0 aliphatic heterocycles. The molecule has 156 valence electrons. The normalized spacial score (nSPS) is 10.6. The van der Waals surface area contributed by atoms with Gasteiger partial charge in [0.25, 0.3) is 0 Å². The molecule has 30 heavy (non-hydrogen) atoms. The van der Waals surface area contributed by atoms with Gasteiger partial charge < -0.3 is 20.3 Å². The molecule has 3 aromatic carbocycles. The maximum Gasteiger partial charge on any atom is 0.335 e. The number of hydrogen-bond acceptors (Lipinski definition) is 4. The molecule has 3 rings (SSSR count). The molecule has 0 aromatic heterocycles. The van der Waals surface area contributed by atoms with E-state index in [1.165, 1.54) is 5.56 Å². The largest absolute Gasteiger partial charge is 0.493 e. The summed E-state index contributed by atoms with van der Waals surface area (Å²) in [4.78, 5) is 11.2. The first kappa shape index (κ1) is 21.2. The third-order valence-electron chi connectivity index (χ3n) is 5.05. The molecule has 0 unspecified atom stereocenters. The summed E-state index contributed by atoms with van der Waals surface area (Å²) >= 11 is 0. The number of nitrogens with two attached hydrogens (primary N) is 1. The molecule has 0 bridgehead atoms. The lowest BCUT2D eigenvalue weighted by atomic mass is 9.98. The summed E-state index contributed by atoms with van der Waals surface area (Å²) in [6.45, 7) is 2.50. The standard InChI is InChI=1S/C25H27NO4/c1-17-15-20(25(27)28)8-12-22(17)19-9-13-23(29-2)24(16-19)30-14-4-3-5-18-6-10-21(26)11-7-18/h6-13,15-16H,3-5,14,26H2,1-2H3,(H,27,28). The van der Waals surface area contributed by atoms with Crippen LogP contribution in [0.3, 0.4) is 0 Å². The van der Waals surface area contributed by atoms with Crippen molar-refractivity contribution >= 4 is 11.7 Å². The Labute approximate surface area is 177 Å². The summed E-state index contributed by atoms with van der Waals surface area (Å²) in [6.07, 6.45) is 2.92. The first-order chi connectivity index (χ1) is 14.5. The van der Waals surface area contributed by atoms with Crippen LogP contribution in [0.1, 0.15) is 34.3 Å². The number of nitrogen functional groups attached to an aromatic ring is 1. The zero-order valence-corrected chi connectivity index (χ0v) is 17.4. The Morgan fingerprint density at radius 3 is 2.40 bits per heavy atom. The van der Waals surface area contributed by atoms with Gasteiger partial charge >= 0.3 is 5.97 Å². The highest BCUT2D eigenvalue weighted by atomic mass is 16.5. The number of carboxylic acid groups (broad SMARTS) is 1. The van der Waals surface area contributed by atoms with Gasteiger partial charge in [0.1, 0.15) is 0 Å². The second-order valence-electron chi connectivity index (χ2n) is 7.25. The molecular formula is C25H27NO4. The SMILES string of the molecule is COc1ccc(-c2ccc(C(=O)O)cc2C)cc1OCCCCc1ccc(N)cc1. The van der Waals surface area contributed by atoms with Crippen LogP contribution in [0.15, 0.2) is 60.7 Å². The minimum Gasteiger partial charge on any atom is -0.493 e. The number of rotatable bonds is 9. The van der Waals surface area contributed by atoms with E-state index in [2.05, 4.69) is 12.1 Å². The number of hydrogen-bond donors (Lipinski definition) is 2. The van der Waals surface area contributed by atoms with Crippen molar-refractivity contribution in [3.05, 3.63) is 77.4 Å². The molecule has 0 aliphatic rings. The zero-order valence-electron chi connectivity index (χ0n) is 17.4. The van der Waals surface area contributed by atoms with Crippen LogP contribution >= 0.6 is 0 Å². The second kappa shape index (κ2) is 9.83. The third kappa shape index (κ3) is 5.32. The number of methoxy groups -OCH3 is 1. The minimum absolute atomic E-state index is 0.280. The average molecular weight is 405 g/mol. The summed E-state index contributed by atoms with van der Waals surface area (Å²) in [5.74, 6) is 0.434. The van der Waals surface area contributed by atoms with Crippen LogP contribution in [0, 0.1) is 6.92 Å². The fourth-order valence-electron chi connectivity index (χ4n) is 3.38. The molecule has 0 fully saturated rings. The average Bonchev–Trinajstić information content (AvgIpc) is 2.74. The van der Waals surface area contributed by atoms with Crippen molar-refractivity contribution in [2.45, 2.75) is 26.2 Å². The van der Waals surface area contributed by atoms with Crippen LogP contribution in [0.4, 0.5) is 5.69 Å². The van der Waals surface area contributed by atoms with Gasteiger partial charge in [-0.2, -0.15) is 0 Å².